The summed E-state index contributed by atoms with van der Waals surface area (Å²) in [4.78, 5) is 40.6. The Labute approximate surface area is 215 Å². The molecule has 3 aromatic carbocycles. The van der Waals surface area contributed by atoms with E-state index < -0.39 is 11.7 Å². The summed E-state index contributed by atoms with van der Waals surface area (Å²) in [7, 11) is 1.60. The van der Waals surface area contributed by atoms with Crippen molar-refractivity contribution in [3.05, 3.63) is 101 Å². The molecule has 2 aliphatic rings. The van der Waals surface area contributed by atoms with Gasteiger partial charge in [0.05, 0.1) is 29.6 Å². The number of rotatable bonds is 7. The number of allylic oxidation sites excluding steroid dienone is 1. The predicted molar refractivity (Wildman–Crippen MR) is 143 cm³/mol. The number of anilines is 1. The molecule has 0 radical (unpaired) electrons. The van der Waals surface area contributed by atoms with Gasteiger partial charge in [0.15, 0.2) is 0 Å². The number of ketones is 1. The summed E-state index contributed by atoms with van der Waals surface area (Å²) in [6.45, 7) is 4.01. The third kappa shape index (κ3) is 4.04. The topological polar surface area (TPSA) is 72.9 Å². The Bertz CT molecular complexity index is 1440. The van der Waals surface area contributed by atoms with E-state index in [-0.39, 0.29) is 11.7 Å². The van der Waals surface area contributed by atoms with Gasteiger partial charge >= 0.3 is 5.97 Å². The normalized spacial score (nSPS) is 18.8. The zero-order valence-electron chi connectivity index (χ0n) is 20.9. The fourth-order valence-electron chi connectivity index (χ4n) is 5.15. The Morgan fingerprint density at radius 1 is 0.973 bits per heavy atom. The molecule has 0 bridgehead atoms. The minimum absolute atomic E-state index is 0.0582. The molecule has 0 aliphatic carbocycles. The van der Waals surface area contributed by atoms with Crippen molar-refractivity contribution in [1.82, 2.24) is 0 Å². The van der Waals surface area contributed by atoms with Gasteiger partial charge < -0.3 is 9.47 Å². The van der Waals surface area contributed by atoms with E-state index in [1.807, 2.05) is 85.5 Å². The quantitative estimate of drug-likeness (QED) is 0.236. The molecule has 2 heterocycles. The molecule has 37 heavy (non-hydrogen) atoms. The van der Waals surface area contributed by atoms with Gasteiger partial charge in [-0.2, -0.15) is 0 Å². The number of hydrogen-bond donors (Lipinski definition) is 0. The number of carbonyl (C=O) groups excluding carboxylic acids is 3. The molecule has 0 fully saturated rings. The lowest BCUT2D eigenvalue weighted by Crippen LogP contribution is -2.56. The molecule has 0 aromatic heterocycles. The lowest BCUT2D eigenvalue weighted by atomic mass is 9.90. The molecule has 0 saturated carbocycles. The van der Waals surface area contributed by atoms with Crippen LogP contribution in [0.4, 0.5) is 5.69 Å². The van der Waals surface area contributed by atoms with Crippen LogP contribution in [0.2, 0.25) is 0 Å². The lowest BCUT2D eigenvalue weighted by molar-refractivity contribution is -0.132. The second kappa shape index (κ2) is 9.54. The van der Waals surface area contributed by atoms with Crippen LogP contribution in [0, 0.1) is 5.92 Å². The van der Waals surface area contributed by atoms with Crippen molar-refractivity contribution in [3.8, 4) is 5.75 Å². The molecule has 0 N–H and O–H groups in total. The highest BCUT2D eigenvalue weighted by atomic mass is 16.6. The number of esters is 1. The first-order valence-corrected chi connectivity index (χ1v) is 12.2. The molecule has 0 spiro atoms. The van der Waals surface area contributed by atoms with Crippen molar-refractivity contribution in [1.29, 1.82) is 0 Å². The number of Topliss-reactive ketones (excluding diaryl/α,β-unsaturated/α-hetero) is 1. The number of hydrogen-bond acceptors (Lipinski definition) is 6. The van der Waals surface area contributed by atoms with Crippen molar-refractivity contribution in [2.24, 2.45) is 5.92 Å². The number of methoxy groups -OCH3 is 1. The Hall–Kier alpha value is -4.45. The number of ether oxygens (including phenoxy) is 2. The second-order valence-corrected chi connectivity index (χ2v) is 9.53. The van der Waals surface area contributed by atoms with Crippen LogP contribution >= 0.6 is 0 Å². The molecule has 6 nitrogen and oxygen atoms in total. The van der Waals surface area contributed by atoms with Crippen LogP contribution in [0.3, 0.4) is 0 Å². The fraction of sp³-hybridized carbons (Fsp3) is 0.194. The molecule has 0 amide bonds. The molecule has 0 saturated heterocycles. The van der Waals surface area contributed by atoms with Crippen molar-refractivity contribution in [2.45, 2.75) is 26.0 Å². The van der Waals surface area contributed by atoms with Gasteiger partial charge in [-0.3, -0.25) is 14.5 Å². The van der Waals surface area contributed by atoms with Gasteiger partial charge in [0, 0.05) is 6.42 Å². The Balaban J connectivity index is 1.82. The maximum absolute atomic E-state index is 14.4. The van der Waals surface area contributed by atoms with Gasteiger partial charge in [0.2, 0.25) is 5.78 Å². The zero-order valence-corrected chi connectivity index (χ0v) is 20.9. The van der Waals surface area contributed by atoms with Gasteiger partial charge in [-0.15, -0.1) is 0 Å². The van der Waals surface area contributed by atoms with Crippen molar-refractivity contribution >= 4 is 41.1 Å². The first kappa shape index (κ1) is 24.3. The van der Waals surface area contributed by atoms with E-state index in [0.717, 1.165) is 11.1 Å². The standard InChI is InChI=1S/C31H27NO5/c1-20(2)19-31-29(34)27(22-9-5-4-6-10-22)28(23-12-14-24(36-3)15-13-23)32(31)26-16-11-21(8-7-17-33)18-25(26)30(35)37-31/h4-18,20H,19H2,1-3H3/b8-7+. The van der Waals surface area contributed by atoms with Crippen LogP contribution in [0.1, 0.15) is 47.3 Å². The molecule has 1 atom stereocenters. The van der Waals surface area contributed by atoms with Gasteiger partial charge in [-0.25, -0.2) is 4.79 Å². The number of nitrogens with zero attached hydrogens (tertiary/aromatic N) is 1. The third-order valence-electron chi connectivity index (χ3n) is 6.62. The van der Waals surface area contributed by atoms with Crippen molar-refractivity contribution < 1.29 is 23.9 Å². The minimum atomic E-state index is -1.52. The lowest BCUT2D eigenvalue weighted by Gasteiger charge is -2.44. The largest absolute Gasteiger partial charge is 0.497 e. The Kier molecular flexibility index (Phi) is 6.25. The van der Waals surface area contributed by atoms with E-state index in [0.29, 0.717) is 46.5 Å². The smallest absolute Gasteiger partial charge is 0.342 e. The minimum Gasteiger partial charge on any atom is -0.497 e. The molecule has 1 unspecified atom stereocenters. The Morgan fingerprint density at radius 2 is 1.70 bits per heavy atom. The number of carbonyl (C=O) groups is 3. The van der Waals surface area contributed by atoms with Crippen molar-refractivity contribution in [2.75, 3.05) is 12.0 Å². The summed E-state index contributed by atoms with van der Waals surface area (Å²) in [5, 5.41) is 0. The average Bonchev–Trinajstić information content (AvgIpc) is 3.15. The van der Waals surface area contributed by atoms with E-state index in [2.05, 4.69) is 0 Å². The first-order valence-electron chi connectivity index (χ1n) is 12.2. The molecular formula is C31H27NO5. The van der Waals surface area contributed by atoms with E-state index in [4.69, 9.17) is 9.47 Å². The fourth-order valence-corrected chi connectivity index (χ4v) is 5.15. The van der Waals surface area contributed by atoms with Gasteiger partial charge in [-0.1, -0.05) is 56.3 Å². The Morgan fingerprint density at radius 3 is 2.35 bits per heavy atom. The zero-order chi connectivity index (χ0) is 26.2. The number of fused-ring (bicyclic) bond motifs is 3. The summed E-state index contributed by atoms with van der Waals surface area (Å²) in [6.07, 6.45) is 4.00. The van der Waals surface area contributed by atoms with Crippen LogP contribution in [-0.2, 0) is 14.3 Å². The van der Waals surface area contributed by atoms with E-state index >= 15 is 0 Å². The summed E-state index contributed by atoms with van der Waals surface area (Å²) in [5.74, 6) is -0.0598. The number of aldehydes is 1. The molecule has 6 heteroatoms. The van der Waals surface area contributed by atoms with Gasteiger partial charge in [0.1, 0.15) is 12.0 Å². The predicted octanol–water partition coefficient (Wildman–Crippen LogP) is 5.78. The summed E-state index contributed by atoms with van der Waals surface area (Å²) < 4.78 is 11.5. The number of benzene rings is 3. The van der Waals surface area contributed by atoms with E-state index in [9.17, 15) is 14.4 Å². The third-order valence-corrected chi connectivity index (χ3v) is 6.62. The molecule has 2 aliphatic heterocycles. The molecule has 3 aromatic rings. The molecule has 5 rings (SSSR count). The first-order chi connectivity index (χ1) is 17.9. The second-order valence-electron chi connectivity index (χ2n) is 9.53. The van der Waals surface area contributed by atoms with E-state index in [1.165, 1.54) is 6.08 Å². The van der Waals surface area contributed by atoms with Gasteiger partial charge in [-0.05, 0) is 65.1 Å². The van der Waals surface area contributed by atoms with Crippen LogP contribution < -0.4 is 9.64 Å². The van der Waals surface area contributed by atoms with Crippen molar-refractivity contribution in [3.63, 3.8) is 0 Å². The summed E-state index contributed by atoms with van der Waals surface area (Å²) >= 11 is 0. The highest BCUT2D eigenvalue weighted by molar-refractivity contribution is 6.38. The highest BCUT2D eigenvalue weighted by Crippen LogP contribution is 2.53. The maximum Gasteiger partial charge on any atom is 0.342 e. The van der Waals surface area contributed by atoms with Crippen LogP contribution in [0.15, 0.2) is 78.9 Å². The van der Waals surface area contributed by atoms with E-state index in [1.54, 1.807) is 19.3 Å². The highest BCUT2D eigenvalue weighted by Gasteiger charge is 2.60. The van der Waals surface area contributed by atoms with Gasteiger partial charge in [0.25, 0.3) is 5.72 Å². The monoisotopic (exact) mass is 493 g/mol. The average molecular weight is 494 g/mol. The SMILES string of the molecule is COc1ccc(C2=C(c3ccccc3)C(=O)C3(CC(C)C)OC(=O)c4cc(/C=C/C=O)ccc4N23)cc1. The van der Waals surface area contributed by atoms with Crippen LogP contribution in [-0.4, -0.2) is 30.9 Å². The molecule has 186 valence electrons. The molecular weight excluding hydrogens is 466 g/mol. The van der Waals surface area contributed by atoms with Crippen LogP contribution in [0.25, 0.3) is 17.3 Å². The van der Waals surface area contributed by atoms with Crippen LogP contribution in [0.5, 0.6) is 5.75 Å². The summed E-state index contributed by atoms with van der Waals surface area (Å²) in [6, 6.07) is 22.3. The maximum atomic E-state index is 14.4. The summed E-state index contributed by atoms with van der Waals surface area (Å²) in [5.41, 5.74) is 2.81.